The molecule has 1 amide bonds. The summed E-state index contributed by atoms with van der Waals surface area (Å²) in [7, 11) is 1.92. The van der Waals surface area contributed by atoms with Gasteiger partial charge in [0.2, 0.25) is 5.91 Å². The highest BCUT2D eigenvalue weighted by atomic mass is 32.2. The molecule has 1 aromatic heterocycles. The van der Waals surface area contributed by atoms with Gasteiger partial charge in [-0.05, 0) is 16.7 Å². The minimum absolute atomic E-state index is 0.00882. The fourth-order valence-corrected chi connectivity index (χ4v) is 4.94. The van der Waals surface area contributed by atoms with E-state index in [-0.39, 0.29) is 30.6 Å². The van der Waals surface area contributed by atoms with Crippen molar-refractivity contribution in [2.24, 2.45) is 13.0 Å². The van der Waals surface area contributed by atoms with E-state index >= 15 is 0 Å². The van der Waals surface area contributed by atoms with Gasteiger partial charge in [0.25, 0.3) is 0 Å². The average Bonchev–Trinajstić information content (AvgIpc) is 3.27. The second kappa shape index (κ2) is 11.1. The van der Waals surface area contributed by atoms with Crippen LogP contribution in [0, 0.1) is 5.92 Å². The Bertz CT molecular complexity index is 1090. The Morgan fingerprint density at radius 2 is 1.76 bits per heavy atom. The van der Waals surface area contributed by atoms with Gasteiger partial charge < -0.3 is 24.5 Å². The first-order chi connectivity index (χ1) is 16.4. The number of nitrogens with zero attached hydrogens (tertiary/aromatic N) is 3. The summed E-state index contributed by atoms with van der Waals surface area (Å²) in [5.74, 6) is 0.741. The molecule has 2 N–H and O–H groups in total. The molecule has 9 heteroatoms. The van der Waals surface area contributed by atoms with E-state index in [1.807, 2.05) is 60.1 Å². The quantitative estimate of drug-likeness (QED) is 0.474. The second-order valence-electron chi connectivity index (χ2n) is 8.51. The third kappa shape index (κ3) is 5.85. The van der Waals surface area contributed by atoms with Gasteiger partial charge in [0.1, 0.15) is 6.33 Å². The molecule has 4 rings (SSSR count). The molecule has 8 nitrogen and oxygen atoms in total. The Labute approximate surface area is 203 Å². The van der Waals surface area contributed by atoms with Gasteiger partial charge in [-0.15, -0.1) is 10.2 Å². The molecular formula is C25H30N4O4S. The van der Waals surface area contributed by atoms with Crippen molar-refractivity contribution in [1.82, 2.24) is 20.1 Å². The van der Waals surface area contributed by atoms with Crippen LogP contribution < -0.4 is 5.32 Å². The van der Waals surface area contributed by atoms with Gasteiger partial charge in [-0.3, -0.25) is 4.79 Å². The van der Waals surface area contributed by atoms with Crippen LogP contribution in [0.1, 0.15) is 48.5 Å². The summed E-state index contributed by atoms with van der Waals surface area (Å²) in [5, 5.41) is 21.2. The molecule has 1 aliphatic heterocycles. The second-order valence-corrected chi connectivity index (χ2v) is 9.50. The molecule has 0 radical (unpaired) electrons. The average molecular weight is 483 g/mol. The first kappa shape index (κ1) is 24.4. The number of amides is 1. The fourth-order valence-electron chi connectivity index (χ4n) is 3.89. The number of aromatic nitrogens is 3. The molecule has 0 spiro atoms. The summed E-state index contributed by atoms with van der Waals surface area (Å²) in [5.41, 5.74) is 3.84. The van der Waals surface area contributed by atoms with Crippen LogP contribution in [0.5, 0.6) is 0 Å². The van der Waals surface area contributed by atoms with Crippen molar-refractivity contribution < 1.29 is 19.4 Å². The van der Waals surface area contributed by atoms with Gasteiger partial charge in [0, 0.05) is 37.8 Å². The minimum atomic E-state index is -0.529. The maximum absolute atomic E-state index is 11.2. The summed E-state index contributed by atoms with van der Waals surface area (Å²) in [6.07, 6.45) is 0.907. The molecule has 0 saturated carbocycles. The molecule has 180 valence electrons. The number of aliphatic hydroxyl groups excluding tert-OH is 1. The van der Waals surface area contributed by atoms with Gasteiger partial charge >= 0.3 is 0 Å². The van der Waals surface area contributed by atoms with E-state index in [1.54, 1.807) is 18.1 Å². The van der Waals surface area contributed by atoms with Crippen LogP contribution in [0.15, 0.2) is 60.0 Å². The van der Waals surface area contributed by atoms with Crippen LogP contribution in [0.25, 0.3) is 0 Å². The van der Waals surface area contributed by atoms with Crippen LogP contribution >= 0.6 is 11.8 Å². The van der Waals surface area contributed by atoms with E-state index < -0.39 is 6.29 Å². The third-order valence-electron chi connectivity index (χ3n) is 5.96. The molecular weight excluding hydrogens is 452 g/mol. The Balaban J connectivity index is 1.55. The number of benzene rings is 2. The standard InChI is InChI=1S/C25H30N4O4S/c1-16-22(14-34-25-28-27-15-29(25)3)32-24(21-10-4-18(5-11-21)12-26-17(2)31)33-23(16)20-8-6-19(13-30)7-9-20/h4-11,15-16,22-24,30H,12-14H2,1-3H3,(H,26,31)/t16-,22+,23+,24+/m0/s1. The van der Waals surface area contributed by atoms with Gasteiger partial charge in [0.15, 0.2) is 11.4 Å². The highest BCUT2D eigenvalue weighted by molar-refractivity contribution is 7.99. The maximum atomic E-state index is 11.2. The van der Waals surface area contributed by atoms with Crippen molar-refractivity contribution in [2.75, 3.05) is 5.75 Å². The van der Waals surface area contributed by atoms with Crippen LogP contribution in [0.4, 0.5) is 0 Å². The number of rotatable bonds is 8. The smallest absolute Gasteiger partial charge is 0.217 e. The summed E-state index contributed by atoms with van der Waals surface area (Å²) in [4.78, 5) is 11.2. The summed E-state index contributed by atoms with van der Waals surface area (Å²) in [6.45, 7) is 4.13. The molecule has 4 atom stereocenters. The zero-order valence-corrected chi connectivity index (χ0v) is 20.4. The topological polar surface area (TPSA) is 98.5 Å². The molecule has 2 heterocycles. The van der Waals surface area contributed by atoms with Crippen LogP contribution in [0.3, 0.4) is 0 Å². The van der Waals surface area contributed by atoms with Crippen molar-refractivity contribution in [1.29, 1.82) is 0 Å². The lowest BCUT2D eigenvalue weighted by atomic mass is 9.91. The largest absolute Gasteiger partial charge is 0.392 e. The number of ether oxygens (including phenoxy) is 2. The molecule has 3 aromatic rings. The number of hydrogen-bond donors (Lipinski definition) is 2. The first-order valence-electron chi connectivity index (χ1n) is 11.2. The molecule has 0 aliphatic carbocycles. The van der Waals surface area contributed by atoms with Gasteiger partial charge in [-0.25, -0.2) is 0 Å². The predicted octanol–water partition coefficient (Wildman–Crippen LogP) is 3.53. The number of aryl methyl sites for hydroxylation is 1. The zero-order valence-electron chi connectivity index (χ0n) is 19.5. The van der Waals surface area contributed by atoms with Crippen molar-refractivity contribution in [3.05, 3.63) is 77.1 Å². The highest BCUT2D eigenvalue weighted by Crippen LogP contribution is 2.42. The SMILES string of the molecule is CC(=O)NCc1ccc([C@@H]2O[C@H](CSc3nncn3C)[C@H](C)[C@H](c3ccc(CO)cc3)O2)cc1. The van der Waals surface area contributed by atoms with Crippen molar-refractivity contribution in [2.45, 2.75) is 50.7 Å². The molecule has 1 aliphatic rings. The molecule has 34 heavy (non-hydrogen) atoms. The van der Waals surface area contributed by atoms with Gasteiger partial charge in [-0.1, -0.05) is 67.2 Å². The summed E-state index contributed by atoms with van der Waals surface area (Å²) < 4.78 is 14.8. The van der Waals surface area contributed by atoms with E-state index in [0.717, 1.165) is 27.4 Å². The van der Waals surface area contributed by atoms with E-state index in [0.29, 0.717) is 12.3 Å². The summed E-state index contributed by atoms with van der Waals surface area (Å²) >= 11 is 1.61. The zero-order chi connectivity index (χ0) is 24.1. The van der Waals surface area contributed by atoms with Crippen LogP contribution in [-0.4, -0.2) is 37.6 Å². The Morgan fingerprint density at radius 1 is 1.09 bits per heavy atom. The van der Waals surface area contributed by atoms with E-state index in [9.17, 15) is 9.90 Å². The van der Waals surface area contributed by atoms with Gasteiger partial charge in [-0.2, -0.15) is 0 Å². The highest BCUT2D eigenvalue weighted by Gasteiger charge is 2.38. The normalized spacial score (nSPS) is 22.5. The van der Waals surface area contributed by atoms with Crippen molar-refractivity contribution in [3.8, 4) is 0 Å². The molecule has 0 unspecified atom stereocenters. The number of carbonyl (C=O) groups excluding carboxylic acids is 1. The molecule has 2 aromatic carbocycles. The van der Waals surface area contributed by atoms with Crippen molar-refractivity contribution >= 4 is 17.7 Å². The van der Waals surface area contributed by atoms with E-state index in [1.165, 1.54) is 6.92 Å². The predicted molar refractivity (Wildman–Crippen MR) is 129 cm³/mol. The molecule has 1 fully saturated rings. The first-order valence-corrected chi connectivity index (χ1v) is 12.2. The number of carbonyl (C=O) groups is 1. The third-order valence-corrected chi connectivity index (χ3v) is 7.09. The van der Waals surface area contributed by atoms with Gasteiger partial charge in [0.05, 0.1) is 18.8 Å². The lowest BCUT2D eigenvalue weighted by Crippen LogP contribution is -2.38. The number of aliphatic hydroxyl groups is 1. The van der Waals surface area contributed by atoms with Crippen LogP contribution in [-0.2, 0) is 34.5 Å². The molecule has 1 saturated heterocycles. The Morgan fingerprint density at radius 3 is 2.38 bits per heavy atom. The maximum Gasteiger partial charge on any atom is 0.217 e. The summed E-state index contributed by atoms with van der Waals surface area (Å²) in [6, 6.07) is 15.8. The monoisotopic (exact) mass is 482 g/mol. The van der Waals surface area contributed by atoms with E-state index in [4.69, 9.17) is 9.47 Å². The molecule has 0 bridgehead atoms. The van der Waals surface area contributed by atoms with Crippen LogP contribution in [0.2, 0.25) is 0 Å². The van der Waals surface area contributed by atoms with E-state index in [2.05, 4.69) is 22.4 Å². The number of nitrogens with one attached hydrogen (secondary N) is 1. The lowest BCUT2D eigenvalue weighted by molar-refractivity contribution is -0.268. The lowest BCUT2D eigenvalue weighted by Gasteiger charge is -2.41. The minimum Gasteiger partial charge on any atom is -0.392 e. The fraction of sp³-hybridized carbons (Fsp3) is 0.400. The van der Waals surface area contributed by atoms with Crippen molar-refractivity contribution in [3.63, 3.8) is 0 Å². The Kier molecular flexibility index (Phi) is 7.99. The number of thioether (sulfide) groups is 1. The number of hydrogen-bond acceptors (Lipinski definition) is 7. The Hall–Kier alpha value is -2.72.